The molecule has 0 N–H and O–H groups in total. The minimum atomic E-state index is 0.774. The molecule has 0 aromatic heterocycles. The van der Waals surface area contributed by atoms with Gasteiger partial charge in [-0.15, -0.1) is 11.8 Å². The highest BCUT2D eigenvalue weighted by molar-refractivity contribution is 8.02. The Morgan fingerprint density at radius 2 is 2.67 bits per heavy atom. The van der Waals surface area contributed by atoms with E-state index in [4.69, 9.17) is 4.74 Å². The van der Waals surface area contributed by atoms with Crippen molar-refractivity contribution in [1.29, 1.82) is 0 Å². The van der Waals surface area contributed by atoms with Gasteiger partial charge in [0.2, 0.25) is 0 Å². The van der Waals surface area contributed by atoms with Crippen LogP contribution in [0.3, 0.4) is 0 Å². The van der Waals surface area contributed by atoms with E-state index in [0.29, 0.717) is 0 Å². The van der Waals surface area contributed by atoms with Crippen LogP contribution in [-0.4, -0.2) is 5.94 Å². The zero-order chi connectivity index (χ0) is 4.24. The van der Waals surface area contributed by atoms with E-state index in [0.717, 1.165) is 5.94 Å². The smallest absolute Gasteiger partial charge is 0.107 e. The Morgan fingerprint density at radius 1 is 1.67 bits per heavy atom. The fourth-order valence-corrected chi connectivity index (χ4v) is 0.672. The summed E-state index contributed by atoms with van der Waals surface area (Å²) < 4.78 is 4.82. The molecule has 0 saturated carbocycles. The first-order chi connectivity index (χ1) is 3.00. The zero-order valence-corrected chi connectivity index (χ0v) is 4.07. The van der Waals surface area contributed by atoms with Crippen molar-refractivity contribution in [3.63, 3.8) is 0 Å². The molecule has 0 aliphatic carbocycles. The Bertz CT molecular complexity index is 52.6. The summed E-state index contributed by atoms with van der Waals surface area (Å²) >= 11 is 1.66. The van der Waals surface area contributed by atoms with Gasteiger partial charge < -0.3 is 4.74 Å². The van der Waals surface area contributed by atoms with E-state index in [9.17, 15) is 0 Å². The predicted molar refractivity (Wildman–Crippen MR) is 27.0 cm³/mol. The second-order valence-electron chi connectivity index (χ2n) is 0.916. The minimum absolute atomic E-state index is 0.774. The van der Waals surface area contributed by atoms with Gasteiger partial charge in [0.25, 0.3) is 0 Å². The van der Waals surface area contributed by atoms with Gasteiger partial charge in [-0.05, 0) is 11.5 Å². The van der Waals surface area contributed by atoms with Crippen LogP contribution >= 0.6 is 11.8 Å². The fraction of sp³-hybridized carbons (Fsp3) is 0.250. The van der Waals surface area contributed by atoms with Crippen LogP contribution in [0.15, 0.2) is 11.5 Å². The molecule has 0 atom stereocenters. The summed E-state index contributed by atoms with van der Waals surface area (Å²) in [6.45, 7) is 1.69. The SMILES string of the molecule is [CH]1C=CSCO1. The molecule has 1 heterocycles. The first kappa shape index (κ1) is 4.22. The van der Waals surface area contributed by atoms with Crippen molar-refractivity contribution in [1.82, 2.24) is 0 Å². The van der Waals surface area contributed by atoms with Crippen LogP contribution in [0.25, 0.3) is 0 Å². The Kier molecular flexibility index (Phi) is 1.59. The molecular formula is C4H5OS. The van der Waals surface area contributed by atoms with Gasteiger partial charge in [0.1, 0.15) is 6.61 Å². The maximum absolute atomic E-state index is 4.82. The van der Waals surface area contributed by atoms with Crippen molar-refractivity contribution >= 4 is 11.8 Å². The van der Waals surface area contributed by atoms with Gasteiger partial charge in [-0.25, -0.2) is 0 Å². The molecule has 0 bridgehead atoms. The maximum Gasteiger partial charge on any atom is 0.107 e. The molecule has 0 fully saturated rings. The highest BCUT2D eigenvalue weighted by Crippen LogP contribution is 2.08. The van der Waals surface area contributed by atoms with Gasteiger partial charge in [0.05, 0.1) is 5.94 Å². The third kappa shape index (κ3) is 1.03. The summed E-state index contributed by atoms with van der Waals surface area (Å²) in [7, 11) is 0. The van der Waals surface area contributed by atoms with Gasteiger partial charge in [0, 0.05) is 0 Å². The maximum atomic E-state index is 4.82. The van der Waals surface area contributed by atoms with E-state index in [1.807, 2.05) is 11.5 Å². The molecule has 0 amide bonds. The quantitative estimate of drug-likeness (QED) is 0.456. The summed E-state index contributed by atoms with van der Waals surface area (Å²) in [5.74, 6) is 0.774. The van der Waals surface area contributed by atoms with Gasteiger partial charge >= 0.3 is 0 Å². The summed E-state index contributed by atoms with van der Waals surface area (Å²) in [6, 6.07) is 0. The number of ether oxygens (including phenoxy) is 1. The number of hydrogen-bond donors (Lipinski definition) is 0. The molecule has 6 heavy (non-hydrogen) atoms. The molecule has 2 heteroatoms. The molecule has 0 unspecified atom stereocenters. The minimum Gasteiger partial charge on any atom is -0.360 e. The van der Waals surface area contributed by atoms with Crippen molar-refractivity contribution in [3.05, 3.63) is 18.1 Å². The van der Waals surface area contributed by atoms with Gasteiger partial charge in [-0.3, -0.25) is 0 Å². The third-order valence-electron chi connectivity index (χ3n) is 0.486. The van der Waals surface area contributed by atoms with Crippen LogP contribution < -0.4 is 0 Å². The topological polar surface area (TPSA) is 9.23 Å². The van der Waals surface area contributed by atoms with Crippen molar-refractivity contribution in [3.8, 4) is 0 Å². The van der Waals surface area contributed by atoms with Crippen LogP contribution in [0.5, 0.6) is 0 Å². The highest BCUT2D eigenvalue weighted by atomic mass is 32.2. The summed E-state index contributed by atoms with van der Waals surface area (Å²) in [4.78, 5) is 0. The molecule has 33 valence electrons. The standard InChI is InChI=1S/C4H5OS/c1-2-5-4-6-3-1/h1-3H,4H2. The summed E-state index contributed by atoms with van der Waals surface area (Å²) in [6.07, 6.45) is 1.88. The largest absolute Gasteiger partial charge is 0.360 e. The monoisotopic (exact) mass is 101 g/mol. The third-order valence-corrected chi connectivity index (χ3v) is 1.11. The molecule has 0 aromatic rings. The van der Waals surface area contributed by atoms with Crippen LogP contribution in [0.4, 0.5) is 0 Å². The number of hydrogen-bond acceptors (Lipinski definition) is 2. The van der Waals surface area contributed by atoms with Crippen molar-refractivity contribution in [2.24, 2.45) is 0 Å². The molecule has 1 aliphatic heterocycles. The van der Waals surface area contributed by atoms with E-state index >= 15 is 0 Å². The number of thioether (sulfide) groups is 1. The molecule has 1 aliphatic rings. The molecule has 1 radical (unpaired) electrons. The average molecular weight is 101 g/mol. The van der Waals surface area contributed by atoms with E-state index in [1.54, 1.807) is 18.4 Å². The lowest BCUT2D eigenvalue weighted by molar-refractivity contribution is 0.275. The zero-order valence-electron chi connectivity index (χ0n) is 3.26. The van der Waals surface area contributed by atoms with Gasteiger partial charge in [-0.1, -0.05) is 0 Å². The van der Waals surface area contributed by atoms with E-state index in [2.05, 4.69) is 0 Å². The van der Waals surface area contributed by atoms with Crippen LogP contribution in [0.1, 0.15) is 0 Å². The molecule has 0 aromatic carbocycles. The van der Waals surface area contributed by atoms with E-state index in [1.165, 1.54) is 0 Å². The molecular weight excluding hydrogens is 96.1 g/mol. The Labute approximate surface area is 41.4 Å². The summed E-state index contributed by atoms with van der Waals surface area (Å²) in [5.41, 5.74) is 0. The number of rotatable bonds is 0. The van der Waals surface area contributed by atoms with Crippen molar-refractivity contribution in [2.75, 3.05) is 5.94 Å². The lowest BCUT2D eigenvalue weighted by atomic mass is 10.7. The average Bonchev–Trinajstić information content (AvgIpc) is 1.72. The highest BCUT2D eigenvalue weighted by Gasteiger charge is 1.87. The lowest BCUT2D eigenvalue weighted by Crippen LogP contribution is -1.85. The first-order valence-electron chi connectivity index (χ1n) is 1.72. The van der Waals surface area contributed by atoms with E-state index < -0.39 is 0 Å². The van der Waals surface area contributed by atoms with Crippen LogP contribution in [-0.2, 0) is 4.74 Å². The predicted octanol–water partition coefficient (Wildman–Crippen LogP) is 1.38. The molecule has 1 rings (SSSR count). The van der Waals surface area contributed by atoms with Crippen molar-refractivity contribution < 1.29 is 4.74 Å². The normalized spacial score (nSPS) is 21.3. The Hall–Kier alpha value is 0.0500. The molecule has 1 nitrogen and oxygen atoms in total. The second-order valence-corrected chi connectivity index (χ2v) is 1.76. The fourth-order valence-electron chi connectivity index (χ4n) is 0.261. The Balaban J connectivity index is 2.26. The molecule has 0 saturated heterocycles. The van der Waals surface area contributed by atoms with E-state index in [-0.39, 0.29) is 0 Å². The van der Waals surface area contributed by atoms with Crippen LogP contribution in [0.2, 0.25) is 0 Å². The van der Waals surface area contributed by atoms with Crippen LogP contribution in [0, 0.1) is 6.61 Å². The van der Waals surface area contributed by atoms with Gasteiger partial charge in [-0.2, -0.15) is 0 Å². The lowest BCUT2D eigenvalue weighted by Gasteiger charge is -1.99. The second kappa shape index (κ2) is 2.26. The van der Waals surface area contributed by atoms with Gasteiger partial charge in [0.15, 0.2) is 0 Å². The Morgan fingerprint density at radius 3 is 2.83 bits per heavy atom. The molecule has 0 spiro atoms. The summed E-state index contributed by atoms with van der Waals surface area (Å²) in [5, 5.41) is 2.00. The van der Waals surface area contributed by atoms with Crippen molar-refractivity contribution in [2.45, 2.75) is 0 Å². The first-order valence-corrected chi connectivity index (χ1v) is 2.76.